The summed E-state index contributed by atoms with van der Waals surface area (Å²) in [7, 11) is 0. The van der Waals surface area contributed by atoms with E-state index < -0.39 is 11.9 Å². The molecule has 32 heavy (non-hydrogen) atoms. The molecule has 3 aromatic carbocycles. The van der Waals surface area contributed by atoms with Gasteiger partial charge in [-0.3, -0.25) is 0 Å². The van der Waals surface area contributed by atoms with Gasteiger partial charge in [0, 0.05) is 0 Å². The summed E-state index contributed by atoms with van der Waals surface area (Å²) in [6.07, 6.45) is 1.38. The Kier molecular flexibility index (Phi) is 7.82. The molecule has 4 heteroatoms. The SMILES string of the molecule is CC(C)Cc1ccc(CC(C)C)c(OC(=O)c2ccccc2)c1OC(=O)c1ccccc1. The lowest BCUT2D eigenvalue weighted by molar-refractivity contribution is 0.0679. The van der Waals surface area contributed by atoms with Crippen LogP contribution in [0.1, 0.15) is 59.5 Å². The third-order valence-corrected chi connectivity index (χ3v) is 4.94. The van der Waals surface area contributed by atoms with Gasteiger partial charge < -0.3 is 9.47 Å². The molecule has 0 spiro atoms. The number of hydrogen-bond donors (Lipinski definition) is 0. The second-order valence-corrected chi connectivity index (χ2v) is 8.75. The molecule has 0 amide bonds. The molecule has 0 fully saturated rings. The molecule has 0 aliphatic carbocycles. The third-order valence-electron chi connectivity index (χ3n) is 4.94. The van der Waals surface area contributed by atoms with Crippen LogP contribution >= 0.6 is 0 Å². The lowest BCUT2D eigenvalue weighted by Crippen LogP contribution is -2.16. The van der Waals surface area contributed by atoms with E-state index in [0.29, 0.717) is 47.3 Å². The van der Waals surface area contributed by atoms with Crippen molar-refractivity contribution in [2.24, 2.45) is 11.8 Å². The lowest BCUT2D eigenvalue weighted by atomic mass is 9.96. The number of benzene rings is 3. The number of esters is 2. The number of carbonyl (C=O) groups excluding carboxylic acids is 2. The van der Waals surface area contributed by atoms with Crippen LogP contribution in [0.2, 0.25) is 0 Å². The highest BCUT2D eigenvalue weighted by molar-refractivity contribution is 5.93. The lowest BCUT2D eigenvalue weighted by Gasteiger charge is -2.20. The van der Waals surface area contributed by atoms with Crippen LogP contribution in [-0.4, -0.2) is 11.9 Å². The van der Waals surface area contributed by atoms with Crippen LogP contribution in [0.3, 0.4) is 0 Å². The van der Waals surface area contributed by atoms with Crippen LogP contribution in [0.4, 0.5) is 0 Å². The normalized spacial score (nSPS) is 10.9. The third kappa shape index (κ3) is 6.07. The van der Waals surface area contributed by atoms with E-state index in [1.54, 1.807) is 48.5 Å². The van der Waals surface area contributed by atoms with Gasteiger partial charge in [0.1, 0.15) is 0 Å². The van der Waals surface area contributed by atoms with E-state index in [9.17, 15) is 9.59 Å². The van der Waals surface area contributed by atoms with Crippen molar-refractivity contribution in [1.82, 2.24) is 0 Å². The molecule has 0 saturated carbocycles. The van der Waals surface area contributed by atoms with E-state index in [1.165, 1.54) is 0 Å². The molecule has 0 bridgehead atoms. The van der Waals surface area contributed by atoms with Crippen LogP contribution in [-0.2, 0) is 12.8 Å². The van der Waals surface area contributed by atoms with E-state index >= 15 is 0 Å². The molecule has 3 rings (SSSR count). The zero-order chi connectivity index (χ0) is 23.1. The minimum Gasteiger partial charge on any atom is -0.419 e. The monoisotopic (exact) mass is 430 g/mol. The fraction of sp³-hybridized carbons (Fsp3) is 0.286. The number of rotatable bonds is 8. The van der Waals surface area contributed by atoms with Gasteiger partial charge in [-0.15, -0.1) is 0 Å². The predicted molar refractivity (Wildman–Crippen MR) is 126 cm³/mol. The van der Waals surface area contributed by atoms with Crippen molar-refractivity contribution in [2.45, 2.75) is 40.5 Å². The largest absolute Gasteiger partial charge is 0.419 e. The van der Waals surface area contributed by atoms with Crippen molar-refractivity contribution in [3.05, 3.63) is 95.1 Å². The van der Waals surface area contributed by atoms with Gasteiger partial charge in [0.2, 0.25) is 0 Å². The Morgan fingerprint density at radius 3 is 1.25 bits per heavy atom. The molecule has 0 aromatic heterocycles. The molecule has 4 nitrogen and oxygen atoms in total. The van der Waals surface area contributed by atoms with E-state index in [1.807, 2.05) is 24.3 Å². The van der Waals surface area contributed by atoms with Crippen molar-refractivity contribution >= 4 is 11.9 Å². The fourth-order valence-electron chi connectivity index (χ4n) is 3.52. The Hall–Kier alpha value is -3.40. The summed E-state index contributed by atoms with van der Waals surface area (Å²) in [5, 5.41) is 0. The number of ether oxygens (including phenoxy) is 2. The molecule has 0 unspecified atom stereocenters. The molecule has 0 radical (unpaired) electrons. The summed E-state index contributed by atoms with van der Waals surface area (Å²) in [6.45, 7) is 8.39. The predicted octanol–water partition coefficient (Wildman–Crippen LogP) is 6.52. The maximum Gasteiger partial charge on any atom is 0.343 e. The molecule has 0 aliphatic rings. The van der Waals surface area contributed by atoms with Crippen LogP contribution in [0.15, 0.2) is 72.8 Å². The minimum atomic E-state index is -0.477. The highest BCUT2D eigenvalue weighted by Gasteiger charge is 2.24. The summed E-state index contributed by atoms with van der Waals surface area (Å²) in [4.78, 5) is 25.9. The van der Waals surface area contributed by atoms with Crippen molar-refractivity contribution in [3.63, 3.8) is 0 Å². The first-order valence-electron chi connectivity index (χ1n) is 11.0. The van der Waals surface area contributed by atoms with Gasteiger partial charge in [-0.1, -0.05) is 76.2 Å². The van der Waals surface area contributed by atoms with Gasteiger partial charge in [-0.2, -0.15) is 0 Å². The molecule has 0 N–H and O–H groups in total. The molecule has 0 aliphatic heterocycles. The Morgan fingerprint density at radius 2 is 0.938 bits per heavy atom. The topological polar surface area (TPSA) is 52.6 Å². The summed E-state index contributed by atoms with van der Waals surface area (Å²) < 4.78 is 11.8. The van der Waals surface area contributed by atoms with Gasteiger partial charge in [0.25, 0.3) is 0 Å². The Balaban J connectivity index is 2.08. The van der Waals surface area contributed by atoms with Crippen molar-refractivity contribution in [2.75, 3.05) is 0 Å². The zero-order valence-electron chi connectivity index (χ0n) is 19.1. The second kappa shape index (κ2) is 10.8. The first-order chi connectivity index (χ1) is 15.3. The smallest absolute Gasteiger partial charge is 0.343 e. The van der Waals surface area contributed by atoms with Crippen LogP contribution in [0.5, 0.6) is 11.5 Å². The molecule has 0 heterocycles. The minimum absolute atomic E-state index is 0.329. The van der Waals surface area contributed by atoms with Gasteiger partial charge in [0.15, 0.2) is 11.5 Å². The van der Waals surface area contributed by atoms with Crippen LogP contribution in [0.25, 0.3) is 0 Å². The number of carbonyl (C=O) groups is 2. The van der Waals surface area contributed by atoms with Crippen molar-refractivity contribution in [3.8, 4) is 11.5 Å². The van der Waals surface area contributed by atoms with Crippen molar-refractivity contribution < 1.29 is 19.1 Å². The van der Waals surface area contributed by atoms with Gasteiger partial charge in [0.05, 0.1) is 11.1 Å². The molecule has 166 valence electrons. The summed E-state index contributed by atoms with van der Waals surface area (Å²) in [6, 6.07) is 21.6. The second-order valence-electron chi connectivity index (χ2n) is 8.75. The average Bonchev–Trinajstić information content (AvgIpc) is 2.78. The highest BCUT2D eigenvalue weighted by atomic mass is 16.6. The summed E-state index contributed by atoms with van der Waals surface area (Å²) in [5.74, 6) is 0.365. The van der Waals surface area contributed by atoms with Crippen LogP contribution < -0.4 is 9.47 Å². The van der Waals surface area contributed by atoms with Crippen LogP contribution in [0, 0.1) is 11.8 Å². The highest BCUT2D eigenvalue weighted by Crippen LogP contribution is 2.39. The molecule has 0 saturated heterocycles. The molecule has 0 atom stereocenters. The zero-order valence-corrected chi connectivity index (χ0v) is 19.1. The van der Waals surface area contributed by atoms with Gasteiger partial charge >= 0.3 is 11.9 Å². The average molecular weight is 431 g/mol. The van der Waals surface area contributed by atoms with E-state index in [-0.39, 0.29) is 0 Å². The summed E-state index contributed by atoms with van der Waals surface area (Å²) >= 11 is 0. The molecular formula is C28H30O4. The maximum absolute atomic E-state index is 12.9. The quantitative estimate of drug-likeness (QED) is 0.301. The maximum atomic E-state index is 12.9. The van der Waals surface area contributed by atoms with Gasteiger partial charge in [-0.05, 0) is 60.1 Å². The van der Waals surface area contributed by atoms with E-state index in [0.717, 1.165) is 11.1 Å². The van der Waals surface area contributed by atoms with E-state index in [4.69, 9.17) is 9.47 Å². The first-order valence-corrected chi connectivity index (χ1v) is 11.0. The molecule has 3 aromatic rings. The Bertz CT molecular complexity index is 967. The number of hydrogen-bond acceptors (Lipinski definition) is 4. The fourth-order valence-corrected chi connectivity index (χ4v) is 3.52. The van der Waals surface area contributed by atoms with E-state index in [2.05, 4.69) is 27.7 Å². The standard InChI is InChI=1S/C28H30O4/c1-19(2)17-23-15-16-24(18-20(3)4)26(32-28(30)22-13-9-6-10-14-22)25(23)31-27(29)21-11-7-5-8-12-21/h5-16,19-20H,17-18H2,1-4H3. The summed E-state index contributed by atoms with van der Waals surface area (Å²) in [5.41, 5.74) is 2.57. The first kappa shape index (κ1) is 23.3. The molecular weight excluding hydrogens is 400 g/mol. The Labute approximate surface area is 190 Å². The van der Waals surface area contributed by atoms with Gasteiger partial charge in [-0.25, -0.2) is 9.59 Å². The van der Waals surface area contributed by atoms with Crippen molar-refractivity contribution in [1.29, 1.82) is 0 Å². The Morgan fingerprint density at radius 1 is 0.594 bits per heavy atom.